The van der Waals surface area contributed by atoms with Crippen LogP contribution in [-0.4, -0.2) is 34.6 Å². The molecular formula is C22H17F4N3O4. The minimum Gasteiger partial charge on any atom is -0.346 e. The molecule has 4 rings (SSSR count). The molecule has 7 nitrogen and oxygen atoms in total. The number of nitrogens with one attached hydrogen (secondary N) is 2. The van der Waals surface area contributed by atoms with Crippen molar-refractivity contribution in [3.8, 4) is 0 Å². The molecule has 0 spiro atoms. The highest BCUT2D eigenvalue weighted by molar-refractivity contribution is 6.05. The topological polar surface area (TPSA) is 95.6 Å². The molecule has 0 aromatic heterocycles. The van der Waals surface area contributed by atoms with Crippen molar-refractivity contribution in [3.63, 3.8) is 0 Å². The SMILES string of the molecule is O=C1CCC(N2Cc3cc(CNC(=O)C(F)(F)c4ccc(F)c(F)c4)ccc3C2=O)C(=O)N1. The molecule has 2 aliphatic heterocycles. The van der Waals surface area contributed by atoms with Gasteiger partial charge < -0.3 is 10.2 Å². The number of imide groups is 1. The van der Waals surface area contributed by atoms with Gasteiger partial charge in [0.2, 0.25) is 11.8 Å². The van der Waals surface area contributed by atoms with E-state index in [1.165, 1.54) is 17.0 Å². The van der Waals surface area contributed by atoms with Crippen LogP contribution in [0.5, 0.6) is 0 Å². The summed E-state index contributed by atoms with van der Waals surface area (Å²) < 4.78 is 55.0. The van der Waals surface area contributed by atoms with Gasteiger partial charge >= 0.3 is 5.92 Å². The molecule has 172 valence electrons. The number of fused-ring (bicyclic) bond motifs is 1. The molecule has 2 aromatic rings. The summed E-state index contributed by atoms with van der Waals surface area (Å²) >= 11 is 0. The van der Waals surface area contributed by atoms with Crippen LogP contribution in [0.2, 0.25) is 0 Å². The predicted octanol–water partition coefficient (Wildman–Crippen LogP) is 2.13. The molecule has 0 bridgehead atoms. The number of carbonyl (C=O) groups excluding carboxylic acids is 4. The van der Waals surface area contributed by atoms with E-state index in [0.29, 0.717) is 28.8 Å². The Kier molecular flexibility index (Phi) is 5.64. The Balaban J connectivity index is 1.44. The van der Waals surface area contributed by atoms with Crippen LogP contribution in [0.4, 0.5) is 17.6 Å². The maximum Gasteiger partial charge on any atom is 0.349 e. The first-order valence-corrected chi connectivity index (χ1v) is 9.96. The Bertz CT molecular complexity index is 1180. The summed E-state index contributed by atoms with van der Waals surface area (Å²) in [5, 5.41) is 4.25. The molecule has 2 heterocycles. The maximum absolute atomic E-state index is 14.3. The number of hydrogen-bond acceptors (Lipinski definition) is 4. The maximum atomic E-state index is 14.3. The van der Waals surface area contributed by atoms with Gasteiger partial charge in [0.15, 0.2) is 11.6 Å². The van der Waals surface area contributed by atoms with Crippen LogP contribution in [0, 0.1) is 11.6 Å². The molecule has 1 saturated heterocycles. The molecule has 4 amide bonds. The minimum atomic E-state index is -4.09. The molecule has 11 heteroatoms. The highest BCUT2D eigenvalue weighted by Gasteiger charge is 2.42. The number of alkyl halides is 2. The molecule has 0 saturated carbocycles. The van der Waals surface area contributed by atoms with Gasteiger partial charge in [-0.15, -0.1) is 0 Å². The first-order valence-electron chi connectivity index (χ1n) is 9.96. The van der Waals surface area contributed by atoms with Gasteiger partial charge in [0.25, 0.3) is 11.8 Å². The van der Waals surface area contributed by atoms with Crippen molar-refractivity contribution in [2.24, 2.45) is 0 Å². The monoisotopic (exact) mass is 463 g/mol. The number of amides is 4. The Hall–Kier alpha value is -3.76. The van der Waals surface area contributed by atoms with Gasteiger partial charge in [-0.25, -0.2) is 8.78 Å². The minimum absolute atomic E-state index is 0.0905. The van der Waals surface area contributed by atoms with Crippen LogP contribution in [-0.2, 0) is 33.4 Å². The van der Waals surface area contributed by atoms with Crippen LogP contribution in [0.15, 0.2) is 36.4 Å². The molecule has 2 aromatic carbocycles. The second-order valence-corrected chi connectivity index (χ2v) is 7.78. The zero-order valence-corrected chi connectivity index (χ0v) is 17.0. The van der Waals surface area contributed by atoms with E-state index < -0.39 is 46.9 Å². The summed E-state index contributed by atoms with van der Waals surface area (Å²) in [5.74, 6) is -9.95. The molecule has 1 atom stereocenters. The second-order valence-electron chi connectivity index (χ2n) is 7.78. The number of carbonyl (C=O) groups is 4. The fraction of sp³-hybridized carbons (Fsp3) is 0.273. The normalized spacial score (nSPS) is 18.2. The molecule has 0 radical (unpaired) electrons. The lowest BCUT2D eigenvalue weighted by atomic mass is 10.0. The zero-order valence-electron chi connectivity index (χ0n) is 17.0. The van der Waals surface area contributed by atoms with Crippen molar-refractivity contribution >= 4 is 23.6 Å². The Morgan fingerprint density at radius 2 is 1.85 bits per heavy atom. The number of halogens is 4. The summed E-state index contributed by atoms with van der Waals surface area (Å²) in [6.07, 6.45) is 0.312. The summed E-state index contributed by atoms with van der Waals surface area (Å²) in [5.41, 5.74) is 0.310. The van der Waals surface area contributed by atoms with Crippen molar-refractivity contribution in [3.05, 3.63) is 70.3 Å². The molecule has 1 unspecified atom stereocenters. The average molecular weight is 463 g/mol. The van der Waals surface area contributed by atoms with E-state index in [4.69, 9.17) is 0 Å². The van der Waals surface area contributed by atoms with Gasteiger partial charge in [0, 0.05) is 30.6 Å². The summed E-state index contributed by atoms with van der Waals surface area (Å²) in [4.78, 5) is 49.5. The van der Waals surface area contributed by atoms with E-state index in [9.17, 15) is 36.7 Å². The largest absolute Gasteiger partial charge is 0.349 e. The van der Waals surface area contributed by atoms with E-state index in [0.717, 1.165) is 0 Å². The second kappa shape index (κ2) is 8.30. The molecule has 2 N–H and O–H groups in total. The quantitative estimate of drug-likeness (QED) is 0.525. The Morgan fingerprint density at radius 3 is 2.55 bits per heavy atom. The molecule has 2 aliphatic rings. The van der Waals surface area contributed by atoms with Crippen LogP contribution in [0.25, 0.3) is 0 Å². The van der Waals surface area contributed by atoms with E-state index in [1.807, 2.05) is 0 Å². The van der Waals surface area contributed by atoms with Crippen LogP contribution in [0.1, 0.15) is 39.9 Å². The van der Waals surface area contributed by atoms with Crippen LogP contribution >= 0.6 is 0 Å². The van der Waals surface area contributed by atoms with Gasteiger partial charge in [-0.1, -0.05) is 12.1 Å². The Labute approximate surface area is 184 Å². The standard InChI is InChI=1S/C22H17F4N3O4/c23-15-4-2-13(8-16(15)24)22(25,26)21(33)27-9-11-1-3-14-12(7-11)10-29(20(14)32)17-5-6-18(30)28-19(17)31/h1-4,7-8,17H,5-6,9-10H2,(H,27,33)(H,28,30,31). The van der Waals surface area contributed by atoms with Gasteiger partial charge in [-0.05, 0) is 41.8 Å². The molecule has 33 heavy (non-hydrogen) atoms. The average Bonchev–Trinajstić information content (AvgIpc) is 3.09. The molecule has 0 aliphatic carbocycles. The summed E-state index contributed by atoms with van der Waals surface area (Å²) in [7, 11) is 0. The van der Waals surface area contributed by atoms with Gasteiger partial charge in [0.05, 0.1) is 0 Å². The third-order valence-electron chi connectivity index (χ3n) is 5.61. The fourth-order valence-electron chi connectivity index (χ4n) is 3.85. The number of piperidine rings is 1. The van der Waals surface area contributed by atoms with Crippen LogP contribution < -0.4 is 10.6 Å². The van der Waals surface area contributed by atoms with Gasteiger partial charge in [-0.3, -0.25) is 24.5 Å². The number of rotatable bonds is 5. The van der Waals surface area contributed by atoms with Crippen molar-refractivity contribution in [1.29, 1.82) is 0 Å². The Morgan fingerprint density at radius 1 is 1.09 bits per heavy atom. The van der Waals surface area contributed by atoms with Crippen molar-refractivity contribution < 1.29 is 36.7 Å². The van der Waals surface area contributed by atoms with Gasteiger partial charge in [0.1, 0.15) is 6.04 Å². The van der Waals surface area contributed by atoms with Crippen molar-refractivity contribution in [2.45, 2.75) is 37.9 Å². The lowest BCUT2D eigenvalue weighted by Crippen LogP contribution is -2.52. The first-order chi connectivity index (χ1) is 15.6. The highest BCUT2D eigenvalue weighted by atomic mass is 19.3. The van der Waals surface area contributed by atoms with Crippen LogP contribution in [0.3, 0.4) is 0 Å². The summed E-state index contributed by atoms with van der Waals surface area (Å²) in [6, 6.07) is 5.11. The van der Waals surface area contributed by atoms with E-state index >= 15 is 0 Å². The molecule has 1 fully saturated rings. The number of hydrogen-bond donors (Lipinski definition) is 2. The summed E-state index contributed by atoms with van der Waals surface area (Å²) in [6.45, 7) is -0.217. The lowest BCUT2D eigenvalue weighted by molar-refractivity contribution is -0.147. The zero-order chi connectivity index (χ0) is 23.9. The number of nitrogens with zero attached hydrogens (tertiary/aromatic N) is 1. The third-order valence-corrected chi connectivity index (χ3v) is 5.61. The molecular weight excluding hydrogens is 446 g/mol. The number of benzene rings is 2. The lowest BCUT2D eigenvalue weighted by Gasteiger charge is -2.29. The predicted molar refractivity (Wildman–Crippen MR) is 105 cm³/mol. The van der Waals surface area contributed by atoms with Crippen molar-refractivity contribution in [2.75, 3.05) is 0 Å². The first kappa shape index (κ1) is 22.4. The third kappa shape index (κ3) is 4.18. The fourth-order valence-corrected chi connectivity index (χ4v) is 3.85. The van der Waals surface area contributed by atoms with E-state index in [-0.39, 0.29) is 37.9 Å². The highest BCUT2D eigenvalue weighted by Crippen LogP contribution is 2.30. The van der Waals surface area contributed by atoms with Crippen molar-refractivity contribution in [1.82, 2.24) is 15.5 Å². The van der Waals surface area contributed by atoms with E-state index in [2.05, 4.69) is 10.6 Å². The smallest absolute Gasteiger partial charge is 0.346 e. The van der Waals surface area contributed by atoms with E-state index in [1.54, 1.807) is 6.07 Å². The van der Waals surface area contributed by atoms with Gasteiger partial charge in [-0.2, -0.15) is 8.78 Å².